The van der Waals surface area contributed by atoms with Gasteiger partial charge in [0.15, 0.2) is 5.78 Å². The fourth-order valence-corrected chi connectivity index (χ4v) is 2.46. The lowest BCUT2D eigenvalue weighted by molar-refractivity contribution is 0.0240. The van der Waals surface area contributed by atoms with Crippen molar-refractivity contribution < 1.29 is 9.53 Å². The Hall–Kier alpha value is -0.710. The van der Waals surface area contributed by atoms with Crippen molar-refractivity contribution >= 4 is 17.1 Å². The van der Waals surface area contributed by atoms with Crippen LogP contribution in [0.15, 0.2) is 11.4 Å². The molecule has 1 aliphatic rings. The van der Waals surface area contributed by atoms with Gasteiger partial charge in [-0.15, -0.1) is 11.3 Å². The number of hydrogen-bond acceptors (Lipinski definition) is 4. The van der Waals surface area contributed by atoms with Crippen molar-refractivity contribution in [2.24, 2.45) is 0 Å². The van der Waals surface area contributed by atoms with Crippen molar-refractivity contribution in [1.29, 1.82) is 0 Å². The van der Waals surface area contributed by atoms with Crippen LogP contribution in [0.5, 0.6) is 0 Å². The first-order chi connectivity index (χ1) is 7.27. The Morgan fingerprint density at radius 3 is 3.20 bits per heavy atom. The fourth-order valence-electron chi connectivity index (χ4n) is 1.74. The number of ether oxygens (including phenoxy) is 1. The minimum Gasteiger partial charge on any atom is -0.375 e. The van der Waals surface area contributed by atoms with E-state index in [9.17, 15) is 4.79 Å². The van der Waals surface area contributed by atoms with Crippen molar-refractivity contribution in [2.75, 3.05) is 19.7 Å². The highest BCUT2D eigenvalue weighted by Crippen LogP contribution is 2.18. The summed E-state index contributed by atoms with van der Waals surface area (Å²) in [5, 5.41) is 5.19. The normalized spacial score (nSPS) is 21.5. The standard InChI is InChI=1S/C11H15NO2S/c1-8-10(2-5-15-8)11(13)6-9-7-12-3-4-14-9/h2,5,9,12H,3-4,6-7H2,1H3. The summed E-state index contributed by atoms with van der Waals surface area (Å²) in [6.07, 6.45) is 0.537. The van der Waals surface area contributed by atoms with Crippen LogP contribution in [0.25, 0.3) is 0 Å². The summed E-state index contributed by atoms with van der Waals surface area (Å²) in [5.41, 5.74) is 0.856. The van der Waals surface area contributed by atoms with Crippen LogP contribution in [0.2, 0.25) is 0 Å². The zero-order valence-electron chi connectivity index (χ0n) is 8.79. The van der Waals surface area contributed by atoms with E-state index < -0.39 is 0 Å². The predicted octanol–water partition coefficient (Wildman–Crippen LogP) is 1.62. The summed E-state index contributed by atoms with van der Waals surface area (Å²) in [6, 6.07) is 1.90. The molecule has 2 heterocycles. The van der Waals surface area contributed by atoms with E-state index in [0.29, 0.717) is 13.0 Å². The van der Waals surface area contributed by atoms with Gasteiger partial charge in [-0.2, -0.15) is 0 Å². The fraction of sp³-hybridized carbons (Fsp3) is 0.545. The van der Waals surface area contributed by atoms with Crippen molar-refractivity contribution in [3.8, 4) is 0 Å². The van der Waals surface area contributed by atoms with Crippen LogP contribution in [0.3, 0.4) is 0 Å². The Balaban J connectivity index is 1.94. The minimum absolute atomic E-state index is 0.0468. The highest BCUT2D eigenvalue weighted by Gasteiger charge is 2.19. The highest BCUT2D eigenvalue weighted by molar-refractivity contribution is 7.10. The molecule has 1 aromatic rings. The van der Waals surface area contributed by atoms with Gasteiger partial charge in [-0.1, -0.05) is 0 Å². The lowest BCUT2D eigenvalue weighted by Gasteiger charge is -2.22. The Bertz CT molecular complexity index is 342. The zero-order chi connectivity index (χ0) is 10.7. The summed E-state index contributed by atoms with van der Waals surface area (Å²) in [5.74, 6) is 0.197. The summed E-state index contributed by atoms with van der Waals surface area (Å²) in [6.45, 7) is 4.37. The first-order valence-corrected chi connectivity index (χ1v) is 6.05. The van der Waals surface area contributed by atoms with Gasteiger partial charge < -0.3 is 10.1 Å². The van der Waals surface area contributed by atoms with Crippen LogP contribution in [-0.2, 0) is 4.74 Å². The van der Waals surface area contributed by atoms with Gasteiger partial charge in [-0.3, -0.25) is 4.79 Å². The van der Waals surface area contributed by atoms with Crippen LogP contribution < -0.4 is 5.32 Å². The maximum absolute atomic E-state index is 11.9. The number of morpholine rings is 1. The molecule has 0 radical (unpaired) electrons. The third kappa shape index (κ3) is 2.65. The molecule has 0 saturated carbocycles. The SMILES string of the molecule is Cc1sccc1C(=O)CC1CNCCO1. The van der Waals surface area contributed by atoms with E-state index in [1.165, 1.54) is 0 Å². The first kappa shape index (κ1) is 10.8. The Labute approximate surface area is 93.4 Å². The Kier molecular flexibility index (Phi) is 3.51. The van der Waals surface area contributed by atoms with E-state index in [-0.39, 0.29) is 11.9 Å². The number of ketones is 1. The van der Waals surface area contributed by atoms with Crippen LogP contribution in [0.1, 0.15) is 21.7 Å². The van der Waals surface area contributed by atoms with Gasteiger partial charge >= 0.3 is 0 Å². The molecule has 0 aromatic carbocycles. The lowest BCUT2D eigenvalue weighted by atomic mass is 10.1. The molecule has 15 heavy (non-hydrogen) atoms. The molecule has 1 aliphatic heterocycles. The predicted molar refractivity (Wildman–Crippen MR) is 60.6 cm³/mol. The second-order valence-electron chi connectivity index (χ2n) is 3.71. The third-order valence-corrected chi connectivity index (χ3v) is 3.42. The number of thiophene rings is 1. The van der Waals surface area contributed by atoms with E-state index >= 15 is 0 Å². The number of nitrogens with one attached hydrogen (secondary N) is 1. The number of Topliss-reactive ketones (excluding diaryl/α,β-unsaturated/α-hetero) is 1. The average Bonchev–Trinajstić information content (AvgIpc) is 2.66. The van der Waals surface area contributed by atoms with E-state index in [2.05, 4.69) is 5.32 Å². The molecule has 82 valence electrons. The van der Waals surface area contributed by atoms with Crippen molar-refractivity contribution in [2.45, 2.75) is 19.4 Å². The molecular formula is C11H15NO2S. The second kappa shape index (κ2) is 4.88. The molecule has 1 fully saturated rings. The maximum atomic E-state index is 11.9. The van der Waals surface area contributed by atoms with Gasteiger partial charge in [0, 0.05) is 30.0 Å². The van der Waals surface area contributed by atoms with E-state index in [1.54, 1.807) is 11.3 Å². The van der Waals surface area contributed by atoms with Crippen LogP contribution in [-0.4, -0.2) is 31.6 Å². The molecule has 1 saturated heterocycles. The van der Waals surface area contributed by atoms with Gasteiger partial charge in [0.25, 0.3) is 0 Å². The van der Waals surface area contributed by atoms with E-state index in [4.69, 9.17) is 4.74 Å². The number of aryl methyl sites for hydroxylation is 1. The summed E-state index contributed by atoms with van der Waals surface area (Å²) in [4.78, 5) is 13.0. The second-order valence-corrected chi connectivity index (χ2v) is 4.83. The zero-order valence-corrected chi connectivity index (χ0v) is 9.60. The van der Waals surface area contributed by atoms with Crippen molar-refractivity contribution in [1.82, 2.24) is 5.32 Å². The molecule has 0 amide bonds. The smallest absolute Gasteiger partial charge is 0.166 e. The van der Waals surface area contributed by atoms with Crippen molar-refractivity contribution in [3.63, 3.8) is 0 Å². The topological polar surface area (TPSA) is 38.3 Å². The summed E-state index contributed by atoms with van der Waals surface area (Å²) >= 11 is 1.62. The van der Waals surface area contributed by atoms with Gasteiger partial charge in [-0.25, -0.2) is 0 Å². The van der Waals surface area contributed by atoms with Gasteiger partial charge in [0.2, 0.25) is 0 Å². The highest BCUT2D eigenvalue weighted by atomic mass is 32.1. The number of carbonyl (C=O) groups excluding carboxylic acids is 1. The third-order valence-electron chi connectivity index (χ3n) is 2.58. The molecule has 1 aromatic heterocycles. The van der Waals surface area contributed by atoms with Gasteiger partial charge in [-0.05, 0) is 18.4 Å². The van der Waals surface area contributed by atoms with Crippen LogP contribution in [0.4, 0.5) is 0 Å². The van der Waals surface area contributed by atoms with Crippen LogP contribution in [0, 0.1) is 6.92 Å². The molecule has 1 unspecified atom stereocenters. The molecule has 0 bridgehead atoms. The molecule has 0 spiro atoms. The van der Waals surface area contributed by atoms with Gasteiger partial charge in [0.1, 0.15) is 0 Å². The average molecular weight is 225 g/mol. The quantitative estimate of drug-likeness (QED) is 0.794. The van der Waals surface area contributed by atoms with E-state index in [1.807, 2.05) is 18.4 Å². The first-order valence-electron chi connectivity index (χ1n) is 5.17. The molecule has 1 atom stereocenters. The Morgan fingerprint density at radius 2 is 2.60 bits per heavy atom. The maximum Gasteiger partial charge on any atom is 0.166 e. The minimum atomic E-state index is 0.0468. The molecule has 4 heteroatoms. The largest absolute Gasteiger partial charge is 0.375 e. The van der Waals surface area contributed by atoms with Crippen LogP contribution >= 0.6 is 11.3 Å². The molecule has 3 nitrogen and oxygen atoms in total. The monoisotopic (exact) mass is 225 g/mol. The number of rotatable bonds is 3. The number of hydrogen-bond donors (Lipinski definition) is 1. The lowest BCUT2D eigenvalue weighted by Crippen LogP contribution is -2.39. The molecule has 1 N–H and O–H groups in total. The summed E-state index contributed by atoms with van der Waals surface area (Å²) in [7, 11) is 0. The van der Waals surface area contributed by atoms with Crippen molar-refractivity contribution in [3.05, 3.63) is 21.9 Å². The molecule has 2 rings (SSSR count). The number of carbonyl (C=O) groups is 1. The Morgan fingerprint density at radius 1 is 1.73 bits per heavy atom. The molecule has 0 aliphatic carbocycles. The molecular weight excluding hydrogens is 210 g/mol. The van der Waals surface area contributed by atoms with E-state index in [0.717, 1.165) is 23.5 Å². The summed E-state index contributed by atoms with van der Waals surface area (Å²) < 4.78 is 5.51. The van der Waals surface area contributed by atoms with Gasteiger partial charge in [0.05, 0.1) is 12.7 Å².